The van der Waals surface area contributed by atoms with E-state index in [1.807, 2.05) is 26.0 Å². The van der Waals surface area contributed by atoms with Gasteiger partial charge in [-0.05, 0) is 50.1 Å². The van der Waals surface area contributed by atoms with Crippen LogP contribution < -0.4 is 10.6 Å². The Morgan fingerprint density at radius 3 is 2.59 bits per heavy atom. The number of guanidine groups is 1. The first-order valence-corrected chi connectivity index (χ1v) is 8.43. The van der Waals surface area contributed by atoms with Crippen molar-refractivity contribution >= 4 is 29.9 Å². The second-order valence-electron chi connectivity index (χ2n) is 5.95. The van der Waals surface area contributed by atoms with Crippen LogP contribution in [-0.4, -0.2) is 17.5 Å². The number of hydrogen-bond acceptors (Lipinski definition) is 2. The summed E-state index contributed by atoms with van der Waals surface area (Å²) in [6.45, 7) is 6.72. The lowest BCUT2D eigenvalue weighted by Crippen LogP contribution is -2.38. The van der Waals surface area contributed by atoms with Crippen LogP contribution >= 0.6 is 24.0 Å². The number of halogens is 4. The number of aryl methyl sites for hydroxylation is 1. The fourth-order valence-corrected chi connectivity index (χ4v) is 2.43. The number of aromatic nitrogens is 1. The number of aliphatic imine (C=N–C) groups is 1. The molecule has 2 N–H and O–H groups in total. The Hall–Kier alpha value is -1.84. The van der Waals surface area contributed by atoms with Gasteiger partial charge in [0, 0.05) is 12.7 Å². The molecule has 0 amide bonds. The Bertz CT molecular complexity index is 763. The highest BCUT2D eigenvalue weighted by Crippen LogP contribution is 2.30. The van der Waals surface area contributed by atoms with Gasteiger partial charge in [-0.1, -0.05) is 18.2 Å². The van der Waals surface area contributed by atoms with Gasteiger partial charge in [0.05, 0.1) is 23.8 Å². The molecule has 2 rings (SSSR count). The van der Waals surface area contributed by atoms with Crippen LogP contribution in [0.3, 0.4) is 0 Å². The molecule has 8 heteroatoms. The molecule has 0 saturated heterocycles. The summed E-state index contributed by atoms with van der Waals surface area (Å²) in [6.07, 6.45) is -2.64. The smallest absolute Gasteiger partial charge is 0.357 e. The van der Waals surface area contributed by atoms with E-state index in [0.29, 0.717) is 24.6 Å². The fourth-order valence-electron chi connectivity index (χ4n) is 2.43. The summed E-state index contributed by atoms with van der Waals surface area (Å²) >= 11 is 0. The predicted molar refractivity (Wildman–Crippen MR) is 112 cm³/mol. The average molecular weight is 492 g/mol. The molecule has 0 saturated carbocycles. The lowest BCUT2D eigenvalue weighted by atomic mass is 10.1. The molecular weight excluding hydrogens is 468 g/mol. The molecule has 0 bridgehead atoms. The Labute approximate surface area is 174 Å². The third-order valence-electron chi connectivity index (χ3n) is 3.92. The van der Waals surface area contributed by atoms with Crippen molar-refractivity contribution < 1.29 is 13.2 Å². The van der Waals surface area contributed by atoms with Crippen molar-refractivity contribution in [3.8, 4) is 0 Å². The van der Waals surface area contributed by atoms with Gasteiger partial charge in [-0.3, -0.25) is 4.98 Å². The van der Waals surface area contributed by atoms with E-state index in [2.05, 4.69) is 20.6 Å². The normalized spacial score (nSPS) is 12.9. The van der Waals surface area contributed by atoms with Crippen LogP contribution in [0.25, 0.3) is 0 Å². The molecule has 1 aromatic heterocycles. The Morgan fingerprint density at radius 1 is 1.22 bits per heavy atom. The third kappa shape index (κ3) is 7.00. The van der Waals surface area contributed by atoms with E-state index in [-0.39, 0.29) is 30.0 Å². The minimum Gasteiger partial charge on any atom is -0.357 e. The second-order valence-corrected chi connectivity index (χ2v) is 5.95. The molecule has 2 aromatic rings. The zero-order valence-electron chi connectivity index (χ0n) is 15.5. The lowest BCUT2D eigenvalue weighted by molar-refractivity contribution is -0.137. The summed E-state index contributed by atoms with van der Waals surface area (Å²) in [5.74, 6) is 0.530. The van der Waals surface area contributed by atoms with Crippen molar-refractivity contribution in [1.29, 1.82) is 0 Å². The van der Waals surface area contributed by atoms with Gasteiger partial charge < -0.3 is 10.6 Å². The highest BCUT2D eigenvalue weighted by atomic mass is 127. The van der Waals surface area contributed by atoms with Crippen molar-refractivity contribution in [2.45, 2.75) is 39.5 Å². The predicted octanol–water partition coefficient (Wildman–Crippen LogP) is 4.84. The van der Waals surface area contributed by atoms with Crippen LogP contribution in [0.1, 0.15) is 42.3 Å². The van der Waals surface area contributed by atoms with Crippen LogP contribution in [0.2, 0.25) is 0 Å². The third-order valence-corrected chi connectivity index (χ3v) is 3.92. The van der Waals surface area contributed by atoms with Crippen molar-refractivity contribution in [2.24, 2.45) is 4.99 Å². The largest absolute Gasteiger partial charge is 0.416 e. The standard InChI is InChI=1S/C19H23F3N4.HI/c1-4-23-18(25-12-17-13(2)7-6-10-24-17)26-14(3)15-8-5-9-16(11-15)19(20,21)22;/h5-11,14H,4,12H2,1-3H3,(H2,23,25,26);1H. The molecule has 0 fully saturated rings. The van der Waals surface area contributed by atoms with Gasteiger partial charge in [0.1, 0.15) is 0 Å². The Balaban J connectivity index is 0.00000364. The van der Waals surface area contributed by atoms with Gasteiger partial charge in [-0.25, -0.2) is 4.99 Å². The van der Waals surface area contributed by atoms with Crippen LogP contribution in [0.4, 0.5) is 13.2 Å². The summed E-state index contributed by atoms with van der Waals surface area (Å²) in [6, 6.07) is 8.80. The van der Waals surface area contributed by atoms with Crippen LogP contribution in [0, 0.1) is 6.92 Å². The van der Waals surface area contributed by atoms with Gasteiger partial charge in [-0.2, -0.15) is 13.2 Å². The monoisotopic (exact) mass is 492 g/mol. The van der Waals surface area contributed by atoms with Gasteiger partial charge in [-0.15, -0.1) is 24.0 Å². The molecule has 1 heterocycles. The zero-order valence-corrected chi connectivity index (χ0v) is 17.8. The number of pyridine rings is 1. The van der Waals surface area contributed by atoms with E-state index in [0.717, 1.165) is 23.4 Å². The molecule has 148 valence electrons. The topological polar surface area (TPSA) is 49.3 Å². The maximum Gasteiger partial charge on any atom is 0.416 e. The van der Waals surface area contributed by atoms with E-state index in [4.69, 9.17) is 0 Å². The molecule has 1 atom stereocenters. The molecule has 27 heavy (non-hydrogen) atoms. The zero-order chi connectivity index (χ0) is 19.2. The van der Waals surface area contributed by atoms with Gasteiger partial charge in [0.25, 0.3) is 0 Å². The van der Waals surface area contributed by atoms with E-state index in [1.165, 1.54) is 6.07 Å². The number of nitrogens with one attached hydrogen (secondary N) is 2. The molecule has 1 unspecified atom stereocenters. The first kappa shape index (κ1) is 23.2. The first-order chi connectivity index (χ1) is 12.3. The first-order valence-electron chi connectivity index (χ1n) is 8.43. The fraction of sp³-hybridized carbons (Fsp3) is 0.368. The number of alkyl halides is 3. The second kappa shape index (κ2) is 10.5. The number of benzene rings is 1. The molecule has 0 spiro atoms. The maximum absolute atomic E-state index is 12.9. The molecule has 0 aliphatic rings. The quantitative estimate of drug-likeness (QED) is 0.357. The average Bonchev–Trinajstić information content (AvgIpc) is 2.60. The summed E-state index contributed by atoms with van der Waals surface area (Å²) in [5, 5.41) is 6.25. The molecule has 0 aliphatic carbocycles. The van der Waals surface area contributed by atoms with Gasteiger partial charge >= 0.3 is 6.18 Å². The molecule has 4 nitrogen and oxygen atoms in total. The number of nitrogens with zero attached hydrogens (tertiary/aromatic N) is 2. The molecule has 0 radical (unpaired) electrons. The minimum absolute atomic E-state index is 0. The summed E-state index contributed by atoms with van der Waals surface area (Å²) in [7, 11) is 0. The summed E-state index contributed by atoms with van der Waals surface area (Å²) in [5.41, 5.74) is 1.78. The van der Waals surface area contributed by atoms with Gasteiger partial charge in [0.15, 0.2) is 5.96 Å². The number of hydrogen-bond donors (Lipinski definition) is 2. The maximum atomic E-state index is 12.9. The van der Waals surface area contributed by atoms with E-state index in [9.17, 15) is 13.2 Å². The summed E-state index contributed by atoms with van der Waals surface area (Å²) in [4.78, 5) is 8.79. The molecular formula is C19H24F3IN4. The van der Waals surface area contributed by atoms with Gasteiger partial charge in [0.2, 0.25) is 0 Å². The molecule has 1 aromatic carbocycles. The van der Waals surface area contributed by atoms with E-state index < -0.39 is 11.7 Å². The van der Waals surface area contributed by atoms with Crippen molar-refractivity contribution in [3.63, 3.8) is 0 Å². The van der Waals surface area contributed by atoms with Crippen molar-refractivity contribution in [1.82, 2.24) is 15.6 Å². The summed E-state index contributed by atoms with van der Waals surface area (Å²) < 4.78 is 38.7. The van der Waals surface area contributed by atoms with Crippen molar-refractivity contribution in [2.75, 3.05) is 6.54 Å². The number of rotatable bonds is 5. The Morgan fingerprint density at radius 2 is 1.96 bits per heavy atom. The van der Waals surface area contributed by atoms with Crippen molar-refractivity contribution in [3.05, 3.63) is 65.0 Å². The SMILES string of the molecule is CCNC(=NCc1ncccc1C)NC(C)c1cccc(C(F)(F)F)c1.I. The minimum atomic E-state index is -4.36. The van der Waals surface area contributed by atoms with E-state index in [1.54, 1.807) is 19.2 Å². The van der Waals surface area contributed by atoms with Crippen LogP contribution in [-0.2, 0) is 12.7 Å². The Kier molecular flexibility index (Phi) is 9.01. The lowest BCUT2D eigenvalue weighted by Gasteiger charge is -2.19. The van der Waals surface area contributed by atoms with Crippen LogP contribution in [0.5, 0.6) is 0 Å². The highest BCUT2D eigenvalue weighted by molar-refractivity contribution is 14.0. The highest BCUT2D eigenvalue weighted by Gasteiger charge is 2.30. The van der Waals surface area contributed by atoms with E-state index >= 15 is 0 Å². The van der Waals surface area contributed by atoms with Crippen LogP contribution in [0.15, 0.2) is 47.6 Å². The molecule has 0 aliphatic heterocycles.